The maximum Gasteiger partial charge on any atom is 0.226 e. The third-order valence-electron chi connectivity index (χ3n) is 4.54. The number of aryl methyl sites for hydroxylation is 2. The normalized spacial score (nSPS) is 14.4. The van der Waals surface area contributed by atoms with E-state index in [9.17, 15) is 4.79 Å². The zero-order chi connectivity index (χ0) is 17.8. The lowest BCUT2D eigenvalue weighted by Crippen LogP contribution is -2.31. The quantitative estimate of drug-likeness (QED) is 0.757. The summed E-state index contributed by atoms with van der Waals surface area (Å²) >= 11 is 1.49. The van der Waals surface area contributed by atoms with Crippen molar-refractivity contribution in [1.29, 1.82) is 0 Å². The van der Waals surface area contributed by atoms with E-state index in [1.165, 1.54) is 17.3 Å². The van der Waals surface area contributed by atoms with Crippen LogP contribution in [0.1, 0.15) is 43.9 Å². The standard InChI is InChI=1S/C19H24N4OS/c1-4-5-11-23-16-10-9-15(12-14(16)7-6-8-17(23)24)18-13(2)20-19(25-3)22-21-18/h9-10,12H,4-8,11H2,1-3H3. The minimum Gasteiger partial charge on any atom is -0.312 e. The second-order valence-corrected chi connectivity index (χ2v) is 7.10. The number of amides is 1. The summed E-state index contributed by atoms with van der Waals surface area (Å²) in [6.45, 7) is 4.91. The Hall–Kier alpha value is -1.95. The van der Waals surface area contributed by atoms with Gasteiger partial charge in [-0.05, 0) is 50.1 Å². The number of benzene rings is 1. The molecule has 0 radical (unpaired) electrons. The van der Waals surface area contributed by atoms with Crippen LogP contribution < -0.4 is 4.90 Å². The van der Waals surface area contributed by atoms with Gasteiger partial charge in [0.25, 0.3) is 0 Å². The highest BCUT2D eigenvalue weighted by atomic mass is 32.2. The third-order valence-corrected chi connectivity index (χ3v) is 5.08. The number of carbonyl (C=O) groups excluding carboxylic acids is 1. The summed E-state index contributed by atoms with van der Waals surface area (Å²) in [5, 5.41) is 9.22. The number of hydrogen-bond acceptors (Lipinski definition) is 5. The molecule has 0 unspecified atom stereocenters. The first-order valence-corrected chi connectivity index (χ1v) is 10.1. The van der Waals surface area contributed by atoms with Crippen molar-refractivity contribution in [3.05, 3.63) is 29.5 Å². The lowest BCUT2D eigenvalue weighted by atomic mass is 10.0. The van der Waals surface area contributed by atoms with Gasteiger partial charge in [-0.3, -0.25) is 4.79 Å². The molecule has 1 aliphatic heterocycles. The van der Waals surface area contributed by atoms with Crippen LogP contribution in [0.5, 0.6) is 0 Å². The molecular formula is C19H24N4OS. The number of aromatic nitrogens is 3. The van der Waals surface area contributed by atoms with Crippen LogP contribution in [0.2, 0.25) is 0 Å². The van der Waals surface area contributed by atoms with Crippen molar-refractivity contribution in [3.8, 4) is 11.3 Å². The van der Waals surface area contributed by atoms with Crippen molar-refractivity contribution in [2.45, 2.75) is 51.1 Å². The van der Waals surface area contributed by atoms with Crippen molar-refractivity contribution < 1.29 is 4.79 Å². The average molecular weight is 356 g/mol. The van der Waals surface area contributed by atoms with E-state index in [4.69, 9.17) is 0 Å². The first-order chi connectivity index (χ1) is 12.1. The van der Waals surface area contributed by atoms with Gasteiger partial charge in [-0.2, -0.15) is 0 Å². The number of unbranched alkanes of at least 4 members (excludes halogenated alkanes) is 1. The molecule has 0 N–H and O–H groups in total. The van der Waals surface area contributed by atoms with E-state index in [0.29, 0.717) is 11.6 Å². The molecule has 1 amide bonds. The molecule has 25 heavy (non-hydrogen) atoms. The SMILES string of the molecule is CCCCN1C(=O)CCCc2cc(-c3nnc(SC)nc3C)ccc21. The van der Waals surface area contributed by atoms with Crippen LogP contribution in [0.4, 0.5) is 5.69 Å². The molecule has 0 bridgehead atoms. The van der Waals surface area contributed by atoms with Crippen molar-refractivity contribution in [2.75, 3.05) is 17.7 Å². The van der Waals surface area contributed by atoms with Gasteiger partial charge in [0.05, 0.1) is 5.69 Å². The molecule has 2 aromatic rings. The Balaban J connectivity index is 1.98. The molecule has 0 saturated carbocycles. The molecule has 0 spiro atoms. The summed E-state index contributed by atoms with van der Waals surface area (Å²) in [6, 6.07) is 6.26. The van der Waals surface area contributed by atoms with Crippen molar-refractivity contribution >= 4 is 23.4 Å². The highest BCUT2D eigenvalue weighted by Crippen LogP contribution is 2.32. The first-order valence-electron chi connectivity index (χ1n) is 8.83. The fourth-order valence-electron chi connectivity index (χ4n) is 3.19. The molecule has 1 aromatic carbocycles. The summed E-state index contributed by atoms with van der Waals surface area (Å²) in [4.78, 5) is 18.9. The fraction of sp³-hybridized carbons (Fsp3) is 0.474. The molecule has 0 saturated heterocycles. The topological polar surface area (TPSA) is 59.0 Å². The van der Waals surface area contributed by atoms with Crippen LogP contribution in [0, 0.1) is 6.92 Å². The molecule has 2 heterocycles. The Labute approximate surface area is 153 Å². The molecule has 0 fully saturated rings. The zero-order valence-electron chi connectivity index (χ0n) is 15.1. The van der Waals surface area contributed by atoms with Gasteiger partial charge in [0.15, 0.2) is 0 Å². The van der Waals surface area contributed by atoms with Gasteiger partial charge in [0.2, 0.25) is 11.1 Å². The molecule has 1 aromatic heterocycles. The first kappa shape index (κ1) is 17.9. The van der Waals surface area contributed by atoms with Crippen molar-refractivity contribution in [1.82, 2.24) is 15.2 Å². The Morgan fingerprint density at radius 1 is 1.24 bits per heavy atom. The van der Waals surface area contributed by atoms with E-state index in [1.54, 1.807) is 0 Å². The fourth-order valence-corrected chi connectivity index (χ4v) is 3.54. The number of anilines is 1. The van der Waals surface area contributed by atoms with Crippen LogP contribution in [0.3, 0.4) is 0 Å². The van der Waals surface area contributed by atoms with Gasteiger partial charge >= 0.3 is 0 Å². The van der Waals surface area contributed by atoms with Gasteiger partial charge in [0.1, 0.15) is 5.69 Å². The maximum absolute atomic E-state index is 12.5. The predicted octanol–water partition coefficient (Wildman–Crippen LogP) is 4.04. The molecule has 132 valence electrons. The van der Waals surface area contributed by atoms with E-state index < -0.39 is 0 Å². The van der Waals surface area contributed by atoms with E-state index in [0.717, 1.165) is 54.9 Å². The van der Waals surface area contributed by atoms with Crippen LogP contribution in [0.25, 0.3) is 11.3 Å². The van der Waals surface area contributed by atoms with Crippen LogP contribution >= 0.6 is 11.8 Å². The van der Waals surface area contributed by atoms with E-state index in [1.807, 2.05) is 24.1 Å². The summed E-state index contributed by atoms with van der Waals surface area (Å²) < 4.78 is 0. The highest BCUT2D eigenvalue weighted by molar-refractivity contribution is 7.98. The Morgan fingerprint density at radius 3 is 2.80 bits per heavy atom. The molecule has 0 aliphatic carbocycles. The van der Waals surface area contributed by atoms with Crippen LogP contribution in [-0.2, 0) is 11.2 Å². The number of carbonyl (C=O) groups is 1. The number of hydrogen-bond donors (Lipinski definition) is 0. The number of fused-ring (bicyclic) bond motifs is 1. The van der Waals surface area contributed by atoms with E-state index >= 15 is 0 Å². The molecule has 1 aliphatic rings. The van der Waals surface area contributed by atoms with Gasteiger partial charge < -0.3 is 4.90 Å². The lowest BCUT2D eigenvalue weighted by molar-refractivity contribution is -0.118. The Kier molecular flexibility index (Phi) is 5.68. The van der Waals surface area contributed by atoms with Crippen LogP contribution in [0.15, 0.2) is 23.4 Å². The summed E-state index contributed by atoms with van der Waals surface area (Å²) in [5.41, 5.74) is 4.99. The van der Waals surface area contributed by atoms with Gasteiger partial charge in [-0.25, -0.2) is 4.98 Å². The Morgan fingerprint density at radius 2 is 2.08 bits per heavy atom. The predicted molar refractivity (Wildman–Crippen MR) is 102 cm³/mol. The number of rotatable bonds is 5. The second kappa shape index (κ2) is 7.95. The summed E-state index contributed by atoms with van der Waals surface area (Å²) in [6.07, 6.45) is 6.49. The largest absolute Gasteiger partial charge is 0.312 e. The van der Waals surface area contributed by atoms with Crippen LogP contribution in [-0.4, -0.2) is 33.9 Å². The third kappa shape index (κ3) is 3.84. The van der Waals surface area contributed by atoms with Crippen molar-refractivity contribution in [3.63, 3.8) is 0 Å². The smallest absolute Gasteiger partial charge is 0.226 e. The summed E-state index contributed by atoms with van der Waals surface area (Å²) in [7, 11) is 0. The van der Waals surface area contributed by atoms with E-state index in [-0.39, 0.29) is 5.91 Å². The van der Waals surface area contributed by atoms with Gasteiger partial charge in [0, 0.05) is 24.2 Å². The van der Waals surface area contributed by atoms with Gasteiger partial charge in [-0.15, -0.1) is 10.2 Å². The minimum absolute atomic E-state index is 0.238. The molecule has 0 atom stereocenters. The van der Waals surface area contributed by atoms with E-state index in [2.05, 4.69) is 34.2 Å². The molecule has 5 nitrogen and oxygen atoms in total. The zero-order valence-corrected chi connectivity index (χ0v) is 15.9. The summed E-state index contributed by atoms with van der Waals surface area (Å²) in [5.74, 6) is 0.238. The average Bonchev–Trinajstić information content (AvgIpc) is 2.77. The highest BCUT2D eigenvalue weighted by Gasteiger charge is 2.22. The monoisotopic (exact) mass is 356 g/mol. The Bertz CT molecular complexity index is 778. The minimum atomic E-state index is 0.238. The molecular weight excluding hydrogens is 332 g/mol. The number of nitrogens with zero attached hydrogens (tertiary/aromatic N) is 4. The lowest BCUT2D eigenvalue weighted by Gasteiger charge is -2.23. The van der Waals surface area contributed by atoms with Crippen molar-refractivity contribution in [2.24, 2.45) is 0 Å². The molecule has 6 heteroatoms. The number of thioether (sulfide) groups is 1. The second-order valence-electron chi connectivity index (χ2n) is 6.33. The molecule has 3 rings (SSSR count). The maximum atomic E-state index is 12.5. The van der Waals surface area contributed by atoms with Gasteiger partial charge in [-0.1, -0.05) is 31.2 Å².